The molecule has 0 heterocycles. The van der Waals surface area contributed by atoms with E-state index in [-0.39, 0.29) is 23.7 Å². The zero-order chi connectivity index (χ0) is 21.8. The number of carbonyl (C=O) groups excluding carboxylic acids is 2. The second-order valence-corrected chi connectivity index (χ2v) is 8.01. The van der Waals surface area contributed by atoms with Crippen LogP contribution in [0.2, 0.25) is 5.02 Å². The lowest BCUT2D eigenvalue weighted by molar-refractivity contribution is -0.122. The van der Waals surface area contributed by atoms with E-state index in [2.05, 4.69) is 28.0 Å². The molecule has 0 radical (unpaired) electrons. The van der Waals surface area contributed by atoms with Gasteiger partial charge in [0.2, 0.25) is 5.91 Å². The summed E-state index contributed by atoms with van der Waals surface area (Å²) in [6, 6.07) is 24.1. The first-order valence-electron chi connectivity index (χ1n) is 10.1. The van der Waals surface area contributed by atoms with Crippen molar-refractivity contribution in [3.63, 3.8) is 0 Å². The summed E-state index contributed by atoms with van der Waals surface area (Å²) in [5, 5.41) is 7.68. The van der Waals surface area contributed by atoms with E-state index in [9.17, 15) is 9.59 Å². The van der Waals surface area contributed by atoms with Crippen LogP contribution in [0.4, 0.5) is 5.69 Å². The summed E-state index contributed by atoms with van der Waals surface area (Å²) in [4.78, 5) is 24.7. The Morgan fingerprint density at radius 1 is 0.903 bits per heavy atom. The Kier molecular flexibility index (Phi) is 6.14. The molecule has 1 aliphatic rings. The second-order valence-electron chi connectivity index (χ2n) is 7.57. The molecule has 2 N–H and O–H groups in total. The fourth-order valence-corrected chi connectivity index (χ4v) is 3.57. The van der Waals surface area contributed by atoms with Crippen LogP contribution < -0.4 is 10.7 Å². The predicted octanol–water partition coefficient (Wildman–Crippen LogP) is 5.24. The van der Waals surface area contributed by atoms with E-state index in [4.69, 9.17) is 11.6 Å². The van der Waals surface area contributed by atoms with Crippen molar-refractivity contribution in [2.24, 2.45) is 11.0 Å². The van der Waals surface area contributed by atoms with Gasteiger partial charge in [-0.3, -0.25) is 9.59 Å². The third-order valence-electron chi connectivity index (χ3n) is 5.36. The average molecular weight is 432 g/mol. The van der Waals surface area contributed by atoms with E-state index >= 15 is 0 Å². The van der Waals surface area contributed by atoms with Gasteiger partial charge in [-0.2, -0.15) is 5.10 Å². The van der Waals surface area contributed by atoms with Crippen molar-refractivity contribution < 1.29 is 9.59 Å². The molecule has 156 valence electrons. The van der Waals surface area contributed by atoms with Crippen LogP contribution in [-0.4, -0.2) is 17.5 Å². The normalized spacial score (nSPS) is 17.7. The molecule has 0 spiro atoms. The minimum Gasteiger partial charge on any atom is -0.322 e. The maximum Gasteiger partial charge on any atom is 0.255 e. The highest BCUT2D eigenvalue weighted by Gasteiger charge is 2.43. The molecular formula is C25H22ClN3O2. The van der Waals surface area contributed by atoms with E-state index in [0.29, 0.717) is 22.0 Å². The molecule has 2 amide bonds. The molecule has 1 saturated carbocycles. The quantitative estimate of drug-likeness (QED) is 0.414. The van der Waals surface area contributed by atoms with Crippen LogP contribution in [0, 0.1) is 5.92 Å². The molecule has 0 aromatic heterocycles. The van der Waals surface area contributed by atoms with Gasteiger partial charge >= 0.3 is 0 Å². The Bertz CT molecular complexity index is 1110. The van der Waals surface area contributed by atoms with Crippen LogP contribution in [-0.2, 0) is 4.79 Å². The number of benzene rings is 3. The lowest BCUT2D eigenvalue weighted by Gasteiger charge is -2.07. The minimum absolute atomic E-state index is 0.0237. The van der Waals surface area contributed by atoms with Crippen LogP contribution in [0.3, 0.4) is 0 Å². The zero-order valence-electron chi connectivity index (χ0n) is 17.0. The molecule has 0 bridgehead atoms. The zero-order valence-corrected chi connectivity index (χ0v) is 17.8. The number of anilines is 1. The van der Waals surface area contributed by atoms with Crippen molar-refractivity contribution in [1.29, 1.82) is 0 Å². The molecular weight excluding hydrogens is 410 g/mol. The Balaban J connectivity index is 1.32. The fraction of sp³-hybridized carbons (Fsp3) is 0.160. The average Bonchev–Trinajstić information content (AvgIpc) is 3.60. The number of hydrogen-bond donors (Lipinski definition) is 2. The van der Waals surface area contributed by atoms with Crippen molar-refractivity contribution in [3.05, 3.63) is 101 Å². The number of nitrogens with one attached hydrogen (secondary N) is 2. The van der Waals surface area contributed by atoms with Crippen molar-refractivity contribution in [2.75, 3.05) is 5.32 Å². The van der Waals surface area contributed by atoms with Gasteiger partial charge < -0.3 is 5.32 Å². The predicted molar refractivity (Wildman–Crippen MR) is 123 cm³/mol. The van der Waals surface area contributed by atoms with Crippen LogP contribution in [0.15, 0.2) is 84.0 Å². The van der Waals surface area contributed by atoms with Gasteiger partial charge in [0.1, 0.15) is 0 Å². The van der Waals surface area contributed by atoms with E-state index < -0.39 is 0 Å². The van der Waals surface area contributed by atoms with Gasteiger partial charge in [0.25, 0.3) is 5.91 Å². The summed E-state index contributed by atoms with van der Waals surface area (Å²) < 4.78 is 0. The number of carbonyl (C=O) groups is 2. The summed E-state index contributed by atoms with van der Waals surface area (Å²) in [6.07, 6.45) is 0.854. The van der Waals surface area contributed by atoms with Crippen molar-refractivity contribution in [2.45, 2.75) is 19.3 Å². The summed E-state index contributed by atoms with van der Waals surface area (Å²) in [6.45, 7) is 1.84. The standard InChI is InChI=1S/C25H22ClN3O2/c1-16(28-29-25(31)23-15-22(23)18-5-3-2-4-6-18)17-9-13-21(14-10-17)27-24(30)19-7-11-20(26)12-8-19/h2-14,22-23H,15H2,1H3,(H,27,30)(H,29,31)/b28-16-/t22-,23-/m0/s1. The Morgan fingerprint density at radius 3 is 2.23 bits per heavy atom. The molecule has 2 atom stereocenters. The number of hydrazone groups is 1. The summed E-state index contributed by atoms with van der Waals surface area (Å²) in [5.41, 5.74) is 6.64. The number of hydrogen-bond acceptors (Lipinski definition) is 3. The van der Waals surface area contributed by atoms with E-state index in [1.54, 1.807) is 36.4 Å². The Labute approximate surface area is 186 Å². The van der Waals surface area contributed by atoms with Crippen LogP contribution in [0.25, 0.3) is 0 Å². The summed E-state index contributed by atoms with van der Waals surface area (Å²) in [5.74, 6) is -0.0100. The van der Waals surface area contributed by atoms with Crippen molar-refractivity contribution in [1.82, 2.24) is 5.43 Å². The van der Waals surface area contributed by atoms with E-state index in [0.717, 1.165) is 12.0 Å². The van der Waals surface area contributed by atoms with Gasteiger partial charge in [0.05, 0.1) is 5.71 Å². The Hall–Kier alpha value is -3.44. The number of halogens is 1. The fourth-order valence-electron chi connectivity index (χ4n) is 3.44. The first kappa shape index (κ1) is 20.8. The van der Waals surface area contributed by atoms with Crippen LogP contribution in [0.1, 0.15) is 40.7 Å². The molecule has 4 rings (SSSR count). The third-order valence-corrected chi connectivity index (χ3v) is 5.61. The lowest BCUT2D eigenvalue weighted by atomic mass is 10.1. The molecule has 0 aliphatic heterocycles. The molecule has 1 fully saturated rings. The summed E-state index contributed by atoms with van der Waals surface area (Å²) in [7, 11) is 0. The van der Waals surface area contributed by atoms with Gasteiger partial charge in [0.15, 0.2) is 0 Å². The van der Waals surface area contributed by atoms with Gasteiger partial charge in [-0.25, -0.2) is 5.43 Å². The van der Waals surface area contributed by atoms with Crippen LogP contribution in [0.5, 0.6) is 0 Å². The van der Waals surface area contributed by atoms with Crippen molar-refractivity contribution in [3.8, 4) is 0 Å². The maximum atomic E-state index is 12.4. The van der Waals surface area contributed by atoms with E-state index in [1.807, 2.05) is 37.3 Å². The number of rotatable bonds is 6. The van der Waals surface area contributed by atoms with Gasteiger partial charge in [-0.15, -0.1) is 0 Å². The van der Waals surface area contributed by atoms with Crippen molar-refractivity contribution >= 4 is 34.8 Å². The van der Waals surface area contributed by atoms with Gasteiger partial charge in [-0.1, -0.05) is 54.1 Å². The first-order chi connectivity index (χ1) is 15.0. The van der Waals surface area contributed by atoms with Gasteiger partial charge in [-0.05, 0) is 66.8 Å². The van der Waals surface area contributed by atoms with Gasteiger partial charge in [0, 0.05) is 22.2 Å². The molecule has 3 aromatic carbocycles. The highest BCUT2D eigenvalue weighted by Crippen LogP contribution is 2.47. The molecule has 0 unspecified atom stereocenters. The highest BCUT2D eigenvalue weighted by atomic mass is 35.5. The smallest absolute Gasteiger partial charge is 0.255 e. The molecule has 3 aromatic rings. The molecule has 1 aliphatic carbocycles. The lowest BCUT2D eigenvalue weighted by Crippen LogP contribution is -2.21. The SMILES string of the molecule is C/C(=N/NC(=O)[C@H]1C[C@H]1c1ccccc1)c1ccc(NC(=O)c2ccc(Cl)cc2)cc1. The maximum absolute atomic E-state index is 12.4. The minimum atomic E-state index is -0.209. The van der Waals surface area contributed by atoms with Crippen LogP contribution >= 0.6 is 11.6 Å². The number of amides is 2. The molecule has 5 nitrogen and oxygen atoms in total. The topological polar surface area (TPSA) is 70.6 Å². The summed E-state index contributed by atoms with van der Waals surface area (Å²) >= 11 is 5.86. The van der Waals surface area contributed by atoms with E-state index in [1.165, 1.54) is 5.56 Å². The Morgan fingerprint density at radius 2 is 1.55 bits per heavy atom. The molecule has 6 heteroatoms. The third kappa shape index (κ3) is 5.19. The largest absolute Gasteiger partial charge is 0.322 e. The molecule has 0 saturated heterocycles. The highest BCUT2D eigenvalue weighted by molar-refractivity contribution is 6.30. The molecule has 31 heavy (non-hydrogen) atoms. The monoisotopic (exact) mass is 431 g/mol. The number of nitrogens with zero attached hydrogens (tertiary/aromatic N) is 1. The first-order valence-corrected chi connectivity index (χ1v) is 10.5. The second kappa shape index (κ2) is 9.14.